The molecular weight excluding hydrogens is 382 g/mol. The largest absolute Gasteiger partial charge is 0.232 e. The van der Waals surface area contributed by atoms with Crippen LogP contribution in [0.1, 0.15) is 64.6 Å². The van der Waals surface area contributed by atoms with Gasteiger partial charge < -0.3 is 0 Å². The topological polar surface area (TPSA) is 56.5 Å². The predicted molar refractivity (Wildman–Crippen MR) is 92.6 cm³/mol. The van der Waals surface area contributed by atoms with Crippen LogP contribution in [0.5, 0.6) is 0 Å². The minimum absolute atomic E-state index is 0.0312. The Morgan fingerprint density at radius 1 is 1.23 bits per heavy atom. The van der Waals surface area contributed by atoms with Crippen LogP contribution in [0, 0.1) is 0 Å². The minimum atomic E-state index is 0.0312. The normalized spacial score (nSPS) is 17.1. The zero-order valence-corrected chi connectivity index (χ0v) is 16.3. The first-order valence-corrected chi connectivity index (χ1v) is 10.0. The Hall–Kier alpha value is -0.470. The molecule has 0 atom stereocenters. The van der Waals surface area contributed by atoms with Crippen molar-refractivity contribution in [2.45, 2.75) is 73.8 Å². The van der Waals surface area contributed by atoms with Crippen LogP contribution >= 0.6 is 39.0 Å². The average molecular weight is 402 g/mol. The zero-order chi connectivity index (χ0) is 15.7. The van der Waals surface area contributed by atoms with Gasteiger partial charge in [0.1, 0.15) is 0 Å². The maximum absolute atomic E-state index is 4.77. The van der Waals surface area contributed by atoms with Crippen LogP contribution in [0.25, 0.3) is 0 Å². The fourth-order valence-electron chi connectivity index (χ4n) is 2.67. The van der Waals surface area contributed by atoms with Gasteiger partial charge in [0.05, 0.1) is 15.5 Å². The van der Waals surface area contributed by atoms with Gasteiger partial charge in [0.2, 0.25) is 5.16 Å². The molecule has 8 heteroatoms. The molecule has 1 fully saturated rings. The van der Waals surface area contributed by atoms with Gasteiger partial charge >= 0.3 is 0 Å². The van der Waals surface area contributed by atoms with Gasteiger partial charge in [-0.25, -0.2) is 9.67 Å². The monoisotopic (exact) mass is 401 g/mol. The maximum atomic E-state index is 4.77. The molecule has 2 heterocycles. The second-order valence-corrected chi connectivity index (χ2v) is 10.2. The third kappa shape index (κ3) is 3.54. The number of halogens is 1. The molecule has 1 aliphatic carbocycles. The molecule has 5 nitrogen and oxygen atoms in total. The van der Waals surface area contributed by atoms with Crippen LogP contribution in [-0.4, -0.2) is 25.2 Å². The lowest BCUT2D eigenvalue weighted by molar-refractivity contribution is 0.307. The molecule has 0 radical (unpaired) electrons. The molecule has 0 spiro atoms. The summed E-state index contributed by atoms with van der Waals surface area (Å²) in [6, 6.07) is 0.441. The summed E-state index contributed by atoms with van der Waals surface area (Å²) in [5.41, 5.74) is 1.13. The molecule has 0 aliphatic heterocycles. The summed E-state index contributed by atoms with van der Waals surface area (Å²) in [4.78, 5) is 4.77. The summed E-state index contributed by atoms with van der Waals surface area (Å²) in [5.74, 6) is 0. The number of thiazole rings is 1. The number of aromatic nitrogens is 5. The molecule has 120 valence electrons. The molecule has 22 heavy (non-hydrogen) atoms. The zero-order valence-electron chi connectivity index (χ0n) is 13.0. The average Bonchev–Trinajstić information content (AvgIpc) is 3.06. The molecular formula is C14H20BrN5S2. The Labute approximate surface area is 147 Å². The number of hydrogen-bond donors (Lipinski definition) is 0. The highest BCUT2D eigenvalue weighted by atomic mass is 79.9. The standard InChI is InChI=1S/C14H20BrN5S2/c1-14(2,3)10-11(15)21-13(16-10)22-12-17-18-19-20(12)9-7-5-4-6-8-9/h9H,4-8H2,1-3H3. The lowest BCUT2D eigenvalue weighted by Gasteiger charge is -2.21. The molecule has 1 aliphatic rings. The number of tetrazole rings is 1. The van der Waals surface area contributed by atoms with Crippen molar-refractivity contribution in [3.63, 3.8) is 0 Å². The first-order valence-electron chi connectivity index (χ1n) is 7.57. The lowest BCUT2D eigenvalue weighted by Crippen LogP contribution is -2.15. The van der Waals surface area contributed by atoms with Crippen molar-refractivity contribution in [1.82, 2.24) is 25.2 Å². The molecule has 0 bridgehead atoms. The van der Waals surface area contributed by atoms with Gasteiger partial charge in [-0.3, -0.25) is 0 Å². The van der Waals surface area contributed by atoms with Crippen LogP contribution in [0.2, 0.25) is 0 Å². The molecule has 1 saturated carbocycles. The van der Waals surface area contributed by atoms with Gasteiger partial charge in [-0.15, -0.1) is 5.10 Å². The van der Waals surface area contributed by atoms with Crippen molar-refractivity contribution in [3.8, 4) is 0 Å². The van der Waals surface area contributed by atoms with Gasteiger partial charge in [0.25, 0.3) is 0 Å². The van der Waals surface area contributed by atoms with E-state index >= 15 is 0 Å². The van der Waals surface area contributed by atoms with E-state index in [1.807, 2.05) is 4.68 Å². The maximum Gasteiger partial charge on any atom is 0.216 e. The molecule has 0 saturated heterocycles. The van der Waals surface area contributed by atoms with Gasteiger partial charge in [-0.1, -0.05) is 51.4 Å². The van der Waals surface area contributed by atoms with Crippen molar-refractivity contribution in [1.29, 1.82) is 0 Å². The van der Waals surface area contributed by atoms with E-state index in [1.54, 1.807) is 23.1 Å². The van der Waals surface area contributed by atoms with Gasteiger partial charge in [-0.2, -0.15) is 0 Å². The van der Waals surface area contributed by atoms with E-state index in [0.717, 1.165) is 19.0 Å². The van der Waals surface area contributed by atoms with Crippen LogP contribution in [0.3, 0.4) is 0 Å². The second-order valence-electron chi connectivity index (χ2n) is 6.65. The Kier molecular flexibility index (Phi) is 4.89. The van der Waals surface area contributed by atoms with Crippen LogP contribution < -0.4 is 0 Å². The third-order valence-electron chi connectivity index (χ3n) is 3.84. The van der Waals surface area contributed by atoms with Crippen molar-refractivity contribution in [2.75, 3.05) is 0 Å². The van der Waals surface area contributed by atoms with E-state index in [1.165, 1.54) is 32.1 Å². The van der Waals surface area contributed by atoms with E-state index < -0.39 is 0 Å². The van der Waals surface area contributed by atoms with E-state index in [0.29, 0.717) is 6.04 Å². The van der Waals surface area contributed by atoms with Crippen molar-refractivity contribution in [2.24, 2.45) is 0 Å². The molecule has 0 amide bonds. The van der Waals surface area contributed by atoms with Gasteiger partial charge in [-0.05, 0) is 51.0 Å². The summed E-state index contributed by atoms with van der Waals surface area (Å²) < 4.78 is 4.08. The number of hydrogen-bond acceptors (Lipinski definition) is 6. The molecule has 0 unspecified atom stereocenters. The highest BCUT2D eigenvalue weighted by Gasteiger charge is 2.25. The minimum Gasteiger partial charge on any atom is -0.232 e. The van der Waals surface area contributed by atoms with Gasteiger partial charge in [0, 0.05) is 5.41 Å². The molecule has 0 aromatic carbocycles. The van der Waals surface area contributed by atoms with E-state index in [4.69, 9.17) is 4.98 Å². The summed E-state index contributed by atoms with van der Waals surface area (Å²) in [5, 5.41) is 13.2. The highest BCUT2D eigenvalue weighted by Crippen LogP contribution is 2.40. The van der Waals surface area contributed by atoms with Crippen LogP contribution in [0.15, 0.2) is 13.3 Å². The van der Waals surface area contributed by atoms with Crippen molar-refractivity contribution >= 4 is 39.0 Å². The summed E-state index contributed by atoms with van der Waals surface area (Å²) in [7, 11) is 0. The summed E-state index contributed by atoms with van der Waals surface area (Å²) in [6.07, 6.45) is 6.22. The van der Waals surface area contributed by atoms with Crippen LogP contribution in [-0.2, 0) is 5.41 Å². The Bertz CT molecular complexity index is 640. The molecule has 2 aromatic rings. The fraction of sp³-hybridized carbons (Fsp3) is 0.714. The molecule has 3 rings (SSSR count). The first-order chi connectivity index (χ1) is 10.4. The Balaban J connectivity index is 1.81. The third-order valence-corrected chi connectivity index (χ3v) is 6.56. The Morgan fingerprint density at radius 2 is 1.95 bits per heavy atom. The Morgan fingerprint density at radius 3 is 2.59 bits per heavy atom. The number of rotatable bonds is 3. The number of nitrogens with zero attached hydrogens (tertiary/aromatic N) is 5. The highest BCUT2D eigenvalue weighted by molar-refractivity contribution is 9.11. The van der Waals surface area contributed by atoms with E-state index in [9.17, 15) is 0 Å². The smallest absolute Gasteiger partial charge is 0.216 e. The first kappa shape index (κ1) is 16.4. The quantitative estimate of drug-likeness (QED) is 0.735. The molecule has 0 N–H and O–H groups in total. The van der Waals surface area contributed by atoms with Crippen molar-refractivity contribution in [3.05, 3.63) is 9.48 Å². The summed E-state index contributed by atoms with van der Waals surface area (Å²) >= 11 is 6.86. The van der Waals surface area contributed by atoms with E-state index in [2.05, 4.69) is 52.2 Å². The predicted octanol–water partition coefficient (Wildman–Crippen LogP) is 4.85. The fourth-order valence-corrected chi connectivity index (χ4v) is 6.17. The van der Waals surface area contributed by atoms with E-state index in [-0.39, 0.29) is 5.41 Å². The second kappa shape index (κ2) is 6.57. The van der Waals surface area contributed by atoms with Crippen molar-refractivity contribution < 1.29 is 0 Å². The summed E-state index contributed by atoms with van der Waals surface area (Å²) in [6.45, 7) is 6.52. The van der Waals surface area contributed by atoms with Gasteiger partial charge in [0.15, 0.2) is 4.34 Å². The lowest BCUT2D eigenvalue weighted by atomic mass is 9.93. The SMILES string of the molecule is CC(C)(C)c1nc(Sc2nnnn2C2CCCCC2)sc1Br. The molecule has 2 aromatic heterocycles. The van der Waals surface area contributed by atoms with Crippen LogP contribution in [0.4, 0.5) is 0 Å².